The molecule has 0 aliphatic carbocycles. The molecular weight excluding hydrogens is 374 g/mol. The Morgan fingerprint density at radius 3 is 2.74 bits per heavy atom. The first-order valence-electron chi connectivity index (χ1n) is 9.82. The molecule has 4 nitrogen and oxygen atoms in total. The van der Waals surface area contributed by atoms with Gasteiger partial charge in [-0.25, -0.2) is 0 Å². The maximum atomic E-state index is 12.6. The van der Waals surface area contributed by atoms with E-state index in [9.17, 15) is 4.79 Å². The SMILES string of the molecule is CCN1CCN(CCCNC(=O)c2cc3c(s2)-c2ccccc2SC3)CC1. The number of carbonyl (C=O) groups is 1. The van der Waals surface area contributed by atoms with E-state index in [2.05, 4.69) is 52.4 Å². The van der Waals surface area contributed by atoms with Gasteiger partial charge in [0.15, 0.2) is 0 Å². The number of benzene rings is 1. The van der Waals surface area contributed by atoms with Gasteiger partial charge >= 0.3 is 0 Å². The van der Waals surface area contributed by atoms with Crippen LogP contribution >= 0.6 is 23.1 Å². The Morgan fingerprint density at radius 2 is 1.93 bits per heavy atom. The number of carbonyl (C=O) groups excluding carboxylic acids is 1. The monoisotopic (exact) mass is 401 g/mol. The van der Waals surface area contributed by atoms with E-state index in [-0.39, 0.29) is 5.91 Å². The molecule has 144 valence electrons. The first-order valence-corrected chi connectivity index (χ1v) is 11.6. The molecule has 0 spiro atoms. The lowest BCUT2D eigenvalue weighted by Gasteiger charge is -2.33. The van der Waals surface area contributed by atoms with E-state index < -0.39 is 0 Å². The molecule has 2 aromatic rings. The van der Waals surface area contributed by atoms with Crippen LogP contribution in [0.4, 0.5) is 0 Å². The van der Waals surface area contributed by atoms with E-state index in [0.717, 1.165) is 49.8 Å². The lowest BCUT2D eigenvalue weighted by molar-refractivity contribution is 0.0952. The minimum absolute atomic E-state index is 0.0766. The van der Waals surface area contributed by atoms with Crippen LogP contribution in [0, 0.1) is 0 Å². The highest BCUT2D eigenvalue weighted by molar-refractivity contribution is 7.98. The molecule has 1 fully saturated rings. The zero-order chi connectivity index (χ0) is 18.6. The van der Waals surface area contributed by atoms with Gasteiger partial charge in [-0.2, -0.15) is 0 Å². The molecule has 1 amide bonds. The fraction of sp³-hybridized carbons (Fsp3) is 0.476. The second kappa shape index (κ2) is 8.78. The Bertz CT molecular complexity index is 796. The number of fused-ring (bicyclic) bond motifs is 3. The smallest absolute Gasteiger partial charge is 0.261 e. The van der Waals surface area contributed by atoms with Crippen LogP contribution in [0.2, 0.25) is 0 Å². The summed E-state index contributed by atoms with van der Waals surface area (Å²) in [4.78, 5) is 21.0. The van der Waals surface area contributed by atoms with Crippen molar-refractivity contribution < 1.29 is 4.79 Å². The zero-order valence-corrected chi connectivity index (χ0v) is 17.5. The highest BCUT2D eigenvalue weighted by atomic mass is 32.2. The van der Waals surface area contributed by atoms with E-state index in [4.69, 9.17) is 0 Å². The molecule has 1 aromatic heterocycles. The first-order chi connectivity index (χ1) is 13.2. The number of piperazine rings is 1. The number of thioether (sulfide) groups is 1. The van der Waals surface area contributed by atoms with Gasteiger partial charge in [-0.05, 0) is 37.2 Å². The fourth-order valence-corrected chi connectivity index (χ4v) is 6.06. The van der Waals surface area contributed by atoms with E-state index in [0.29, 0.717) is 0 Å². The summed E-state index contributed by atoms with van der Waals surface area (Å²) in [6.45, 7) is 9.84. The van der Waals surface area contributed by atoms with E-state index in [1.165, 1.54) is 34.0 Å². The Balaban J connectivity index is 1.27. The summed E-state index contributed by atoms with van der Waals surface area (Å²) in [5.41, 5.74) is 2.57. The Kier molecular flexibility index (Phi) is 6.18. The molecule has 0 bridgehead atoms. The summed E-state index contributed by atoms with van der Waals surface area (Å²) >= 11 is 3.50. The molecule has 0 atom stereocenters. The van der Waals surface area contributed by atoms with Gasteiger partial charge in [0, 0.05) is 53.8 Å². The summed E-state index contributed by atoms with van der Waals surface area (Å²) in [5.74, 6) is 1.03. The topological polar surface area (TPSA) is 35.6 Å². The van der Waals surface area contributed by atoms with Gasteiger partial charge in [-0.15, -0.1) is 23.1 Å². The maximum absolute atomic E-state index is 12.6. The lowest BCUT2D eigenvalue weighted by Crippen LogP contribution is -2.46. The van der Waals surface area contributed by atoms with E-state index in [1.807, 2.05) is 11.8 Å². The predicted molar refractivity (Wildman–Crippen MR) is 115 cm³/mol. The van der Waals surface area contributed by atoms with Crippen LogP contribution in [0.15, 0.2) is 35.2 Å². The van der Waals surface area contributed by atoms with Gasteiger partial charge in [-0.1, -0.05) is 25.1 Å². The van der Waals surface area contributed by atoms with Gasteiger partial charge in [0.1, 0.15) is 0 Å². The molecule has 0 saturated carbocycles. The number of thiophene rings is 1. The van der Waals surface area contributed by atoms with Crippen molar-refractivity contribution in [1.82, 2.24) is 15.1 Å². The van der Waals surface area contributed by atoms with Crippen LogP contribution < -0.4 is 5.32 Å². The average Bonchev–Trinajstić information content (AvgIpc) is 3.16. The second-order valence-electron chi connectivity index (χ2n) is 7.14. The molecule has 1 saturated heterocycles. The molecule has 0 unspecified atom stereocenters. The number of amides is 1. The molecule has 4 rings (SSSR count). The molecule has 6 heteroatoms. The molecule has 1 N–H and O–H groups in total. The first kappa shape index (κ1) is 19.0. The van der Waals surface area contributed by atoms with Gasteiger partial charge in [0.2, 0.25) is 0 Å². The molecule has 27 heavy (non-hydrogen) atoms. The maximum Gasteiger partial charge on any atom is 0.261 e. The molecule has 3 heterocycles. The minimum Gasteiger partial charge on any atom is -0.351 e. The average molecular weight is 402 g/mol. The van der Waals surface area contributed by atoms with Crippen molar-refractivity contribution in [2.24, 2.45) is 0 Å². The van der Waals surface area contributed by atoms with Crippen LogP contribution in [0.5, 0.6) is 0 Å². The Labute approximate surface area is 169 Å². The normalized spacial score (nSPS) is 17.4. The van der Waals surface area contributed by atoms with E-state index >= 15 is 0 Å². The summed E-state index contributed by atoms with van der Waals surface area (Å²) in [5, 5.41) is 3.12. The van der Waals surface area contributed by atoms with Crippen LogP contribution in [0.25, 0.3) is 10.4 Å². The Hall–Kier alpha value is -1.34. The van der Waals surface area contributed by atoms with Gasteiger partial charge < -0.3 is 15.1 Å². The van der Waals surface area contributed by atoms with Crippen molar-refractivity contribution in [3.05, 3.63) is 40.8 Å². The van der Waals surface area contributed by atoms with Crippen LogP contribution in [-0.4, -0.2) is 61.5 Å². The van der Waals surface area contributed by atoms with Crippen LogP contribution in [0.1, 0.15) is 28.6 Å². The van der Waals surface area contributed by atoms with Crippen molar-refractivity contribution in [2.75, 3.05) is 45.8 Å². The summed E-state index contributed by atoms with van der Waals surface area (Å²) in [6.07, 6.45) is 1.02. The molecular formula is C21H27N3OS2. The lowest BCUT2D eigenvalue weighted by atomic mass is 10.1. The van der Waals surface area contributed by atoms with Crippen LogP contribution in [-0.2, 0) is 5.75 Å². The Morgan fingerprint density at radius 1 is 1.15 bits per heavy atom. The van der Waals surface area contributed by atoms with Crippen molar-refractivity contribution in [3.8, 4) is 10.4 Å². The van der Waals surface area contributed by atoms with E-state index in [1.54, 1.807) is 11.3 Å². The van der Waals surface area contributed by atoms with Crippen molar-refractivity contribution in [2.45, 2.75) is 24.0 Å². The van der Waals surface area contributed by atoms with Crippen molar-refractivity contribution >= 4 is 29.0 Å². The molecule has 0 radical (unpaired) electrons. The highest BCUT2D eigenvalue weighted by Gasteiger charge is 2.21. The summed E-state index contributed by atoms with van der Waals surface area (Å²) < 4.78 is 0. The molecule has 2 aliphatic rings. The third-order valence-electron chi connectivity index (χ3n) is 5.40. The predicted octanol–water partition coefficient (Wildman–Crippen LogP) is 3.78. The minimum atomic E-state index is 0.0766. The summed E-state index contributed by atoms with van der Waals surface area (Å²) in [6, 6.07) is 10.6. The quantitative estimate of drug-likeness (QED) is 0.748. The standard InChI is InChI=1S/C21H27N3OS2/c1-2-23-10-12-24(13-11-23)9-5-8-22-21(25)19-14-16-15-26-18-7-4-3-6-17(18)20(16)27-19/h3-4,6-7,14H,2,5,8-13,15H2,1H3,(H,22,25). The number of nitrogens with one attached hydrogen (secondary N) is 1. The van der Waals surface area contributed by atoms with Crippen LogP contribution in [0.3, 0.4) is 0 Å². The molecule has 2 aliphatic heterocycles. The van der Waals surface area contributed by atoms with Gasteiger partial charge in [0.05, 0.1) is 4.88 Å². The van der Waals surface area contributed by atoms with Gasteiger partial charge in [-0.3, -0.25) is 4.79 Å². The molecule has 1 aromatic carbocycles. The summed E-state index contributed by atoms with van der Waals surface area (Å²) in [7, 11) is 0. The number of nitrogens with zero attached hydrogens (tertiary/aromatic N) is 2. The highest BCUT2D eigenvalue weighted by Crippen LogP contribution is 2.45. The fourth-order valence-electron chi connectivity index (χ4n) is 3.73. The van der Waals surface area contributed by atoms with Crippen molar-refractivity contribution in [3.63, 3.8) is 0 Å². The van der Waals surface area contributed by atoms with Gasteiger partial charge in [0.25, 0.3) is 5.91 Å². The third kappa shape index (κ3) is 4.40. The number of hydrogen-bond donors (Lipinski definition) is 1. The zero-order valence-electron chi connectivity index (χ0n) is 15.9. The number of rotatable bonds is 6. The number of likely N-dealkylation sites (N-methyl/N-ethyl adjacent to an activating group) is 1. The third-order valence-corrected chi connectivity index (χ3v) is 7.73. The number of hydrogen-bond acceptors (Lipinski definition) is 5. The van der Waals surface area contributed by atoms with Crippen molar-refractivity contribution in [1.29, 1.82) is 0 Å². The largest absolute Gasteiger partial charge is 0.351 e. The second-order valence-corrected chi connectivity index (χ2v) is 9.20.